The second kappa shape index (κ2) is 12.5. The van der Waals surface area contributed by atoms with Crippen molar-refractivity contribution < 1.29 is 18.9 Å². The van der Waals surface area contributed by atoms with Crippen LogP contribution in [-0.2, 0) is 11.3 Å². The third-order valence-electron chi connectivity index (χ3n) is 5.49. The van der Waals surface area contributed by atoms with Gasteiger partial charge >= 0.3 is 0 Å². The van der Waals surface area contributed by atoms with E-state index in [0.717, 1.165) is 42.7 Å². The van der Waals surface area contributed by atoms with Gasteiger partial charge in [0.2, 0.25) is 5.88 Å². The van der Waals surface area contributed by atoms with Gasteiger partial charge in [-0.2, -0.15) is 5.26 Å². The molecule has 0 amide bonds. The van der Waals surface area contributed by atoms with E-state index in [4.69, 9.17) is 18.9 Å². The first-order valence-electron chi connectivity index (χ1n) is 11.9. The number of benzene rings is 2. The second-order valence-corrected chi connectivity index (χ2v) is 8.08. The Morgan fingerprint density at radius 1 is 1.00 bits per heavy atom. The lowest BCUT2D eigenvalue weighted by Gasteiger charge is -2.22. The fraction of sp³-hybridized carbons (Fsp3) is 0.310. The molecule has 1 aliphatic heterocycles. The molecular weight excluding hydrogens is 440 g/mol. The highest BCUT2D eigenvalue weighted by molar-refractivity contribution is 5.56. The Hall–Kier alpha value is -4.00. The molecule has 0 bridgehead atoms. The summed E-state index contributed by atoms with van der Waals surface area (Å²) in [5, 5.41) is 9.90. The number of nitriles is 1. The number of hydrogen-bond acceptors (Lipinski definition) is 6. The fourth-order valence-corrected chi connectivity index (χ4v) is 3.67. The lowest BCUT2D eigenvalue weighted by atomic mass is 10.1. The van der Waals surface area contributed by atoms with Crippen molar-refractivity contribution in [2.24, 2.45) is 0 Å². The van der Waals surface area contributed by atoms with Crippen LogP contribution in [0.5, 0.6) is 17.4 Å². The van der Waals surface area contributed by atoms with Crippen molar-refractivity contribution in [1.29, 1.82) is 5.26 Å². The van der Waals surface area contributed by atoms with Crippen molar-refractivity contribution >= 4 is 0 Å². The van der Waals surface area contributed by atoms with Crippen molar-refractivity contribution in [1.82, 2.24) is 4.98 Å². The molecule has 0 radical (unpaired) electrons. The molecule has 1 aliphatic rings. The van der Waals surface area contributed by atoms with Gasteiger partial charge in [0, 0.05) is 18.2 Å². The molecule has 0 N–H and O–H groups in total. The van der Waals surface area contributed by atoms with Gasteiger partial charge in [-0.3, -0.25) is 0 Å². The summed E-state index contributed by atoms with van der Waals surface area (Å²) in [4.78, 5) is 4.53. The van der Waals surface area contributed by atoms with Gasteiger partial charge in [0.15, 0.2) is 0 Å². The van der Waals surface area contributed by atoms with Crippen LogP contribution < -0.4 is 14.2 Å². The van der Waals surface area contributed by atoms with E-state index in [-0.39, 0.29) is 11.7 Å². The molecule has 1 saturated heterocycles. The lowest BCUT2D eigenvalue weighted by molar-refractivity contribution is -0.0120. The maximum atomic E-state index is 9.90. The zero-order chi connectivity index (χ0) is 24.3. The highest BCUT2D eigenvalue weighted by Crippen LogP contribution is 2.27. The van der Waals surface area contributed by atoms with Crippen molar-refractivity contribution in [3.63, 3.8) is 0 Å². The Balaban J connectivity index is 1.60. The summed E-state index contributed by atoms with van der Waals surface area (Å²) in [6, 6.07) is 21.1. The van der Waals surface area contributed by atoms with Crippen LogP contribution >= 0.6 is 0 Å². The Bertz CT molecular complexity index is 1200. The minimum Gasteiger partial charge on any atom is -0.494 e. The summed E-state index contributed by atoms with van der Waals surface area (Å²) >= 11 is 0. The predicted octanol–water partition coefficient (Wildman–Crippen LogP) is 5.28. The van der Waals surface area contributed by atoms with E-state index in [2.05, 4.69) is 22.9 Å². The second-order valence-electron chi connectivity index (χ2n) is 8.08. The first-order valence-corrected chi connectivity index (χ1v) is 11.9. The summed E-state index contributed by atoms with van der Waals surface area (Å²) < 4.78 is 23.2. The van der Waals surface area contributed by atoms with E-state index in [9.17, 15) is 5.26 Å². The van der Waals surface area contributed by atoms with Gasteiger partial charge in [-0.1, -0.05) is 36.3 Å². The summed E-state index contributed by atoms with van der Waals surface area (Å²) in [6.45, 7) is 4.00. The van der Waals surface area contributed by atoms with E-state index in [1.165, 1.54) is 0 Å². The zero-order valence-corrected chi connectivity index (χ0v) is 19.8. The average Bonchev–Trinajstić information content (AvgIpc) is 2.91. The Morgan fingerprint density at radius 2 is 1.83 bits per heavy atom. The molecule has 1 fully saturated rings. The van der Waals surface area contributed by atoms with Crippen LogP contribution in [0.2, 0.25) is 0 Å². The van der Waals surface area contributed by atoms with Crippen molar-refractivity contribution in [2.75, 3.05) is 19.8 Å². The zero-order valence-electron chi connectivity index (χ0n) is 19.8. The van der Waals surface area contributed by atoms with E-state index < -0.39 is 0 Å². The Kier molecular flexibility index (Phi) is 8.59. The normalized spacial score (nSPS) is 14.8. The van der Waals surface area contributed by atoms with E-state index >= 15 is 0 Å². The van der Waals surface area contributed by atoms with Gasteiger partial charge in [-0.25, -0.2) is 4.98 Å². The maximum absolute atomic E-state index is 9.90. The standard InChI is InChI=1S/C29H28N2O4/c1-2-32-24-14-11-22(12-15-24)13-16-27-26(19-30)28(34-20-23-8-4-3-5-9-23)18-29(31-27)35-21-25-10-6-7-17-33-25/h3-5,8-9,11-12,14-15,18,25H,2,6-7,10,17,20-21H2,1H3. The molecule has 6 nitrogen and oxygen atoms in total. The van der Waals surface area contributed by atoms with Gasteiger partial charge in [0.05, 0.1) is 12.7 Å². The van der Waals surface area contributed by atoms with Gasteiger partial charge in [-0.15, -0.1) is 0 Å². The first-order chi connectivity index (χ1) is 17.2. The van der Waals surface area contributed by atoms with Crippen LogP contribution in [0.15, 0.2) is 60.7 Å². The number of aromatic nitrogens is 1. The summed E-state index contributed by atoms with van der Waals surface area (Å²) in [6.07, 6.45) is 3.19. The van der Waals surface area contributed by atoms with Crippen LogP contribution in [0.3, 0.4) is 0 Å². The molecule has 1 unspecified atom stereocenters. The van der Waals surface area contributed by atoms with E-state index in [1.54, 1.807) is 6.07 Å². The molecule has 3 aromatic rings. The van der Waals surface area contributed by atoms with Crippen LogP contribution in [0, 0.1) is 23.2 Å². The molecule has 2 aromatic carbocycles. The molecule has 35 heavy (non-hydrogen) atoms. The maximum Gasteiger partial charge on any atom is 0.218 e. The molecule has 4 rings (SSSR count). The monoisotopic (exact) mass is 468 g/mol. The van der Waals surface area contributed by atoms with Crippen LogP contribution in [0.1, 0.15) is 48.6 Å². The van der Waals surface area contributed by atoms with Crippen molar-refractivity contribution in [2.45, 2.75) is 38.9 Å². The minimum absolute atomic E-state index is 0.0354. The smallest absolute Gasteiger partial charge is 0.218 e. The molecule has 0 saturated carbocycles. The number of rotatable bonds is 8. The van der Waals surface area contributed by atoms with Crippen LogP contribution in [0.4, 0.5) is 0 Å². The molecule has 0 aliphatic carbocycles. The third kappa shape index (κ3) is 6.99. The van der Waals surface area contributed by atoms with Crippen molar-refractivity contribution in [3.05, 3.63) is 83.0 Å². The Morgan fingerprint density at radius 3 is 2.54 bits per heavy atom. The van der Waals surface area contributed by atoms with Crippen molar-refractivity contribution in [3.8, 4) is 35.3 Å². The average molecular weight is 469 g/mol. The molecular formula is C29H28N2O4. The van der Waals surface area contributed by atoms with Gasteiger partial charge in [0.25, 0.3) is 0 Å². The quantitative estimate of drug-likeness (QED) is 0.419. The third-order valence-corrected chi connectivity index (χ3v) is 5.49. The first kappa shape index (κ1) is 24.1. The van der Waals surface area contributed by atoms with E-state index in [0.29, 0.717) is 37.1 Å². The number of nitrogens with zero attached hydrogens (tertiary/aromatic N) is 2. The summed E-state index contributed by atoms with van der Waals surface area (Å²) in [7, 11) is 0. The van der Waals surface area contributed by atoms with Gasteiger partial charge in [-0.05, 0) is 61.9 Å². The molecule has 178 valence electrons. The number of ether oxygens (including phenoxy) is 4. The minimum atomic E-state index is 0.0354. The number of hydrogen-bond donors (Lipinski definition) is 0. The molecule has 2 heterocycles. The lowest BCUT2D eigenvalue weighted by Crippen LogP contribution is -2.26. The van der Waals surface area contributed by atoms with Crippen LogP contribution in [-0.4, -0.2) is 30.9 Å². The predicted molar refractivity (Wildman–Crippen MR) is 132 cm³/mol. The molecule has 1 aromatic heterocycles. The Labute approximate surface area is 206 Å². The summed E-state index contributed by atoms with van der Waals surface area (Å²) in [5.74, 6) is 7.65. The summed E-state index contributed by atoms with van der Waals surface area (Å²) in [5.41, 5.74) is 2.37. The largest absolute Gasteiger partial charge is 0.494 e. The topological polar surface area (TPSA) is 73.6 Å². The molecule has 6 heteroatoms. The fourth-order valence-electron chi connectivity index (χ4n) is 3.67. The molecule has 0 spiro atoms. The SMILES string of the molecule is CCOc1ccc(C#Cc2nc(OCC3CCCCO3)cc(OCc3ccccc3)c2C#N)cc1. The molecule has 1 atom stereocenters. The van der Waals surface area contributed by atoms with E-state index in [1.807, 2.05) is 61.5 Å². The van der Waals surface area contributed by atoms with Gasteiger partial charge in [0.1, 0.15) is 42.0 Å². The highest BCUT2D eigenvalue weighted by atomic mass is 16.5. The highest BCUT2D eigenvalue weighted by Gasteiger charge is 2.18. The van der Waals surface area contributed by atoms with Gasteiger partial charge < -0.3 is 18.9 Å². The number of pyridine rings is 1. The van der Waals surface area contributed by atoms with Crippen LogP contribution in [0.25, 0.3) is 0 Å².